The van der Waals surface area contributed by atoms with Gasteiger partial charge in [-0.1, -0.05) is 25.1 Å². The van der Waals surface area contributed by atoms with E-state index < -0.39 is 5.41 Å². The van der Waals surface area contributed by atoms with Crippen molar-refractivity contribution < 1.29 is 9.59 Å². The van der Waals surface area contributed by atoms with Crippen LogP contribution in [0, 0.1) is 0 Å². The van der Waals surface area contributed by atoms with Gasteiger partial charge in [0.1, 0.15) is 5.82 Å². The number of imidazole rings is 1. The second kappa shape index (κ2) is 6.59. The number of likely N-dealkylation sites (tertiary alicyclic amines) is 1. The number of anilines is 1. The van der Waals surface area contributed by atoms with Crippen molar-refractivity contribution in [2.75, 3.05) is 18.4 Å². The Bertz CT molecular complexity index is 844. The summed E-state index contributed by atoms with van der Waals surface area (Å²) in [5.74, 6) is 1.13. The first kappa shape index (κ1) is 16.8. The molecule has 1 aromatic heterocycles. The number of hydrogen-bond donors (Lipinski definition) is 1. The molecule has 0 bridgehead atoms. The van der Waals surface area contributed by atoms with E-state index in [1.807, 2.05) is 39.9 Å². The number of fused-ring (bicyclic) bond motifs is 2. The number of carbonyl (C=O) groups is 2. The first-order valence-electron chi connectivity index (χ1n) is 9.33. The van der Waals surface area contributed by atoms with E-state index in [9.17, 15) is 9.59 Å². The summed E-state index contributed by atoms with van der Waals surface area (Å²) in [6.45, 7) is 3.89. The molecule has 2 aromatic rings. The summed E-state index contributed by atoms with van der Waals surface area (Å²) in [6.07, 6.45) is 6.62. The quantitative estimate of drug-likeness (QED) is 0.918. The molecule has 0 saturated carbocycles. The normalized spacial score (nSPS) is 21.7. The highest BCUT2D eigenvalue weighted by Gasteiger charge is 2.49. The minimum atomic E-state index is -0.589. The largest absolute Gasteiger partial charge is 0.341 e. The maximum Gasteiger partial charge on any atom is 0.236 e. The van der Waals surface area contributed by atoms with Gasteiger partial charge in [0.25, 0.3) is 0 Å². The zero-order chi connectivity index (χ0) is 18.1. The van der Waals surface area contributed by atoms with Crippen LogP contribution in [0.4, 0.5) is 5.69 Å². The van der Waals surface area contributed by atoms with Crippen LogP contribution in [0.2, 0.25) is 0 Å². The van der Waals surface area contributed by atoms with E-state index in [4.69, 9.17) is 0 Å². The van der Waals surface area contributed by atoms with Crippen LogP contribution in [0.5, 0.6) is 0 Å². The Kier molecular flexibility index (Phi) is 4.26. The third kappa shape index (κ3) is 2.69. The highest BCUT2D eigenvalue weighted by atomic mass is 16.2. The van der Waals surface area contributed by atoms with Crippen LogP contribution in [0.3, 0.4) is 0 Å². The molecule has 0 aliphatic carbocycles. The molecule has 1 spiro atoms. The highest BCUT2D eigenvalue weighted by molar-refractivity contribution is 6.06. The number of hydrogen-bond acceptors (Lipinski definition) is 3. The van der Waals surface area contributed by atoms with Crippen LogP contribution in [-0.4, -0.2) is 39.4 Å². The fourth-order valence-corrected chi connectivity index (χ4v) is 4.28. The van der Waals surface area contributed by atoms with Crippen molar-refractivity contribution in [3.63, 3.8) is 0 Å². The SMILES string of the molecule is CCc1nccn1CCC(=O)N1CCC[C@]2(C1)C(=O)Nc1ccccc12. The Labute approximate surface area is 153 Å². The van der Waals surface area contributed by atoms with Crippen LogP contribution in [0.1, 0.15) is 37.6 Å². The maximum absolute atomic E-state index is 12.8. The number of benzene rings is 1. The summed E-state index contributed by atoms with van der Waals surface area (Å²) in [4.78, 5) is 31.7. The summed E-state index contributed by atoms with van der Waals surface area (Å²) in [5, 5.41) is 3.00. The summed E-state index contributed by atoms with van der Waals surface area (Å²) >= 11 is 0. The second-order valence-corrected chi connectivity index (χ2v) is 7.14. The third-order valence-corrected chi connectivity index (χ3v) is 5.66. The lowest BCUT2D eigenvalue weighted by atomic mass is 9.75. The molecular formula is C20H24N4O2. The molecule has 2 aliphatic rings. The monoisotopic (exact) mass is 352 g/mol. The fraction of sp³-hybridized carbons (Fsp3) is 0.450. The smallest absolute Gasteiger partial charge is 0.236 e. The van der Waals surface area contributed by atoms with Gasteiger partial charge in [-0.3, -0.25) is 9.59 Å². The minimum Gasteiger partial charge on any atom is -0.341 e. The van der Waals surface area contributed by atoms with Gasteiger partial charge < -0.3 is 14.8 Å². The zero-order valence-corrected chi connectivity index (χ0v) is 15.1. The molecule has 1 aromatic carbocycles. The van der Waals surface area contributed by atoms with Gasteiger partial charge in [-0.15, -0.1) is 0 Å². The highest BCUT2D eigenvalue weighted by Crippen LogP contribution is 2.43. The molecule has 3 heterocycles. The number of rotatable bonds is 4. The first-order valence-corrected chi connectivity index (χ1v) is 9.33. The molecule has 6 nitrogen and oxygen atoms in total. The fourth-order valence-electron chi connectivity index (χ4n) is 4.28. The average molecular weight is 352 g/mol. The number of amides is 2. The third-order valence-electron chi connectivity index (χ3n) is 5.66. The molecule has 4 rings (SSSR count). The lowest BCUT2D eigenvalue weighted by Crippen LogP contribution is -2.52. The predicted octanol–water partition coefficient (Wildman–Crippen LogP) is 2.35. The maximum atomic E-state index is 12.8. The molecule has 1 atom stereocenters. The van der Waals surface area contributed by atoms with Gasteiger partial charge in [0.05, 0.1) is 5.41 Å². The van der Waals surface area contributed by atoms with E-state index in [-0.39, 0.29) is 11.8 Å². The first-order chi connectivity index (χ1) is 12.6. The van der Waals surface area contributed by atoms with Gasteiger partial charge in [0.15, 0.2) is 0 Å². The second-order valence-electron chi connectivity index (χ2n) is 7.14. The van der Waals surface area contributed by atoms with E-state index in [2.05, 4.69) is 17.2 Å². The van der Waals surface area contributed by atoms with E-state index in [0.717, 1.165) is 42.9 Å². The van der Waals surface area contributed by atoms with Gasteiger partial charge in [-0.05, 0) is 24.5 Å². The van der Waals surface area contributed by atoms with E-state index >= 15 is 0 Å². The number of para-hydroxylation sites is 1. The topological polar surface area (TPSA) is 67.2 Å². The summed E-state index contributed by atoms with van der Waals surface area (Å²) in [6, 6.07) is 7.85. The van der Waals surface area contributed by atoms with Gasteiger partial charge in [0, 0.05) is 50.6 Å². The molecule has 0 unspecified atom stereocenters. The van der Waals surface area contributed by atoms with Crippen LogP contribution >= 0.6 is 0 Å². The van der Waals surface area contributed by atoms with Gasteiger partial charge in [-0.25, -0.2) is 4.98 Å². The molecule has 26 heavy (non-hydrogen) atoms. The summed E-state index contributed by atoms with van der Waals surface area (Å²) < 4.78 is 2.04. The number of piperidine rings is 1. The van der Waals surface area contributed by atoms with Crippen molar-refractivity contribution in [2.24, 2.45) is 0 Å². The van der Waals surface area contributed by atoms with Crippen LogP contribution < -0.4 is 5.32 Å². The molecule has 0 radical (unpaired) electrons. The van der Waals surface area contributed by atoms with E-state index in [1.54, 1.807) is 6.20 Å². The van der Waals surface area contributed by atoms with E-state index in [1.165, 1.54) is 0 Å². The van der Waals surface area contributed by atoms with Gasteiger partial charge in [-0.2, -0.15) is 0 Å². The van der Waals surface area contributed by atoms with Crippen LogP contribution in [0.15, 0.2) is 36.7 Å². The molecule has 136 valence electrons. The molecular weight excluding hydrogens is 328 g/mol. The van der Waals surface area contributed by atoms with Gasteiger partial charge in [0.2, 0.25) is 11.8 Å². The lowest BCUT2D eigenvalue weighted by molar-refractivity contribution is -0.135. The Hall–Kier alpha value is -2.63. The Morgan fingerprint density at radius 2 is 2.19 bits per heavy atom. The Morgan fingerprint density at radius 1 is 1.35 bits per heavy atom. The van der Waals surface area contributed by atoms with Gasteiger partial charge >= 0.3 is 0 Å². The summed E-state index contributed by atoms with van der Waals surface area (Å²) in [5.41, 5.74) is 1.33. The minimum absolute atomic E-state index is 0.0269. The lowest BCUT2D eigenvalue weighted by Gasteiger charge is -2.39. The van der Waals surface area contributed by atoms with Crippen molar-refractivity contribution in [3.8, 4) is 0 Å². The van der Waals surface area contributed by atoms with Crippen molar-refractivity contribution in [1.29, 1.82) is 0 Å². The molecule has 2 amide bonds. The number of aromatic nitrogens is 2. The Balaban J connectivity index is 1.49. The number of carbonyl (C=O) groups excluding carboxylic acids is 2. The Morgan fingerprint density at radius 3 is 3.04 bits per heavy atom. The predicted molar refractivity (Wildman–Crippen MR) is 98.8 cm³/mol. The van der Waals surface area contributed by atoms with Crippen molar-refractivity contribution in [3.05, 3.63) is 48.0 Å². The molecule has 1 fully saturated rings. The van der Waals surface area contributed by atoms with Crippen LogP contribution in [-0.2, 0) is 28.0 Å². The standard InChI is InChI=1S/C20H24N4O2/c1-2-17-21-10-13-23(17)12-8-18(25)24-11-5-9-20(14-24)15-6-3-4-7-16(15)22-19(20)26/h3-4,6-7,10,13H,2,5,8-9,11-12,14H2,1H3,(H,22,26)/t20-/m1/s1. The van der Waals surface area contributed by atoms with Crippen LogP contribution in [0.25, 0.3) is 0 Å². The number of aryl methyl sites for hydroxylation is 2. The van der Waals surface area contributed by atoms with Crippen molar-refractivity contribution >= 4 is 17.5 Å². The molecule has 2 aliphatic heterocycles. The van der Waals surface area contributed by atoms with E-state index in [0.29, 0.717) is 19.5 Å². The number of nitrogens with zero attached hydrogens (tertiary/aromatic N) is 3. The zero-order valence-electron chi connectivity index (χ0n) is 15.1. The number of nitrogens with one attached hydrogen (secondary N) is 1. The average Bonchev–Trinajstić information content (AvgIpc) is 3.23. The molecule has 1 N–H and O–H groups in total. The molecule has 6 heteroatoms. The van der Waals surface area contributed by atoms with Crippen molar-refractivity contribution in [1.82, 2.24) is 14.5 Å². The summed E-state index contributed by atoms with van der Waals surface area (Å²) in [7, 11) is 0. The van der Waals surface area contributed by atoms with Crippen molar-refractivity contribution in [2.45, 2.75) is 44.6 Å². The molecule has 1 saturated heterocycles.